The second kappa shape index (κ2) is 6.68. The average Bonchev–Trinajstić information content (AvgIpc) is 3.20. The molecule has 0 aliphatic heterocycles. The van der Waals surface area contributed by atoms with Crippen molar-refractivity contribution >= 4 is 11.6 Å². The molecule has 4 rings (SSSR count). The summed E-state index contributed by atoms with van der Waals surface area (Å²) < 4.78 is 5.77. The summed E-state index contributed by atoms with van der Waals surface area (Å²) in [6, 6.07) is 17.3. The molecule has 124 valence electrons. The fourth-order valence-corrected chi connectivity index (χ4v) is 4.31. The zero-order chi connectivity index (χ0) is 16.4. The summed E-state index contributed by atoms with van der Waals surface area (Å²) in [5.74, 6) is 4.01. The number of fused-ring (bicyclic) bond motifs is 2. The van der Waals surface area contributed by atoms with Crippen LogP contribution in [0, 0.1) is 17.8 Å². The van der Waals surface area contributed by atoms with Crippen molar-refractivity contribution in [1.82, 2.24) is 0 Å². The van der Waals surface area contributed by atoms with E-state index in [2.05, 4.69) is 5.32 Å². The van der Waals surface area contributed by atoms with Crippen LogP contribution in [-0.4, -0.2) is 5.91 Å². The van der Waals surface area contributed by atoms with E-state index < -0.39 is 0 Å². The Kier molecular flexibility index (Phi) is 4.24. The maximum Gasteiger partial charge on any atom is 0.224 e. The number of carbonyl (C=O) groups excluding carboxylic acids is 1. The molecule has 2 fully saturated rings. The van der Waals surface area contributed by atoms with Crippen molar-refractivity contribution in [2.45, 2.75) is 32.1 Å². The molecule has 1 N–H and O–H groups in total. The summed E-state index contributed by atoms with van der Waals surface area (Å²) in [6.07, 6.45) is 5.98. The predicted octanol–water partition coefficient (Wildman–Crippen LogP) is 5.24. The lowest BCUT2D eigenvalue weighted by Gasteiger charge is -2.20. The normalized spacial score (nSPS) is 24.8. The lowest BCUT2D eigenvalue weighted by molar-refractivity contribution is -0.117. The van der Waals surface area contributed by atoms with Crippen LogP contribution in [0.25, 0.3) is 0 Å². The molecule has 3 heteroatoms. The molecule has 0 saturated heterocycles. The van der Waals surface area contributed by atoms with Gasteiger partial charge in [-0.05, 0) is 73.4 Å². The Bertz CT molecular complexity index is 696. The number of ether oxygens (including phenoxy) is 1. The molecule has 2 aliphatic carbocycles. The van der Waals surface area contributed by atoms with E-state index >= 15 is 0 Å². The summed E-state index contributed by atoms with van der Waals surface area (Å²) in [5.41, 5.74) is 0.837. The zero-order valence-corrected chi connectivity index (χ0v) is 13.8. The van der Waals surface area contributed by atoms with Crippen molar-refractivity contribution in [1.29, 1.82) is 0 Å². The number of para-hydroxylation sites is 1. The van der Waals surface area contributed by atoms with Crippen LogP contribution in [-0.2, 0) is 4.79 Å². The number of amides is 1. The summed E-state index contributed by atoms with van der Waals surface area (Å²) in [7, 11) is 0. The van der Waals surface area contributed by atoms with Gasteiger partial charge in [0.25, 0.3) is 0 Å². The van der Waals surface area contributed by atoms with E-state index in [1.807, 2.05) is 54.6 Å². The smallest absolute Gasteiger partial charge is 0.224 e. The minimum Gasteiger partial charge on any atom is -0.457 e. The maximum atomic E-state index is 12.3. The van der Waals surface area contributed by atoms with Gasteiger partial charge in [0.2, 0.25) is 5.91 Å². The fraction of sp³-hybridized carbons (Fsp3) is 0.381. The molecule has 0 heterocycles. The van der Waals surface area contributed by atoms with Crippen molar-refractivity contribution in [3.8, 4) is 11.5 Å². The monoisotopic (exact) mass is 321 g/mol. The van der Waals surface area contributed by atoms with E-state index in [0.29, 0.717) is 12.3 Å². The van der Waals surface area contributed by atoms with E-state index in [0.717, 1.165) is 29.0 Å². The summed E-state index contributed by atoms with van der Waals surface area (Å²) >= 11 is 0. The Balaban J connectivity index is 1.31. The van der Waals surface area contributed by atoms with Crippen molar-refractivity contribution in [2.24, 2.45) is 17.8 Å². The number of anilines is 1. The molecule has 3 atom stereocenters. The molecular weight excluding hydrogens is 298 g/mol. The third kappa shape index (κ3) is 3.45. The summed E-state index contributed by atoms with van der Waals surface area (Å²) in [5, 5.41) is 3.02. The second-order valence-electron chi connectivity index (χ2n) is 7.13. The average molecular weight is 321 g/mol. The largest absolute Gasteiger partial charge is 0.457 e. The van der Waals surface area contributed by atoms with Crippen LogP contribution in [0.3, 0.4) is 0 Å². The fourth-order valence-electron chi connectivity index (χ4n) is 4.31. The Hall–Kier alpha value is -2.29. The first-order chi connectivity index (χ1) is 11.8. The molecule has 2 aliphatic rings. The third-order valence-electron chi connectivity index (χ3n) is 5.45. The zero-order valence-electron chi connectivity index (χ0n) is 13.8. The highest BCUT2D eigenvalue weighted by Gasteiger charge is 2.40. The standard InChI is InChI=1S/C21H23NO2/c23-21(14-17-13-15-6-7-16(17)12-15)22-18-8-10-20(11-9-18)24-19-4-2-1-3-5-19/h1-5,8-11,15-17H,6-7,12-14H2,(H,22,23)/t15-,16-,17+/m1/s1. The van der Waals surface area contributed by atoms with Crippen molar-refractivity contribution in [3.63, 3.8) is 0 Å². The Labute approximate surface area is 143 Å². The molecule has 2 aromatic carbocycles. The number of hydrogen-bond donors (Lipinski definition) is 1. The molecule has 3 nitrogen and oxygen atoms in total. The minimum absolute atomic E-state index is 0.143. The number of benzene rings is 2. The summed E-state index contributed by atoms with van der Waals surface area (Å²) in [4.78, 5) is 12.3. The van der Waals surface area contributed by atoms with Gasteiger partial charge in [0, 0.05) is 12.1 Å². The van der Waals surface area contributed by atoms with Gasteiger partial charge in [-0.3, -0.25) is 4.79 Å². The van der Waals surface area contributed by atoms with Crippen molar-refractivity contribution < 1.29 is 9.53 Å². The van der Waals surface area contributed by atoms with Crippen LogP contribution in [0.4, 0.5) is 5.69 Å². The Morgan fingerprint density at radius 2 is 1.71 bits per heavy atom. The maximum absolute atomic E-state index is 12.3. The minimum atomic E-state index is 0.143. The van der Waals surface area contributed by atoms with Crippen molar-refractivity contribution in [2.75, 3.05) is 5.32 Å². The second-order valence-corrected chi connectivity index (χ2v) is 7.13. The van der Waals surface area contributed by atoms with E-state index in [1.54, 1.807) is 0 Å². The van der Waals surface area contributed by atoms with Gasteiger partial charge >= 0.3 is 0 Å². The quantitative estimate of drug-likeness (QED) is 0.817. The van der Waals surface area contributed by atoms with Crippen LogP contribution < -0.4 is 10.1 Å². The molecular formula is C21H23NO2. The first-order valence-electron chi connectivity index (χ1n) is 8.89. The lowest BCUT2D eigenvalue weighted by atomic mass is 9.86. The molecule has 0 unspecified atom stereocenters. The highest BCUT2D eigenvalue weighted by Crippen LogP contribution is 2.49. The van der Waals surface area contributed by atoms with E-state index in [4.69, 9.17) is 4.74 Å². The van der Waals surface area contributed by atoms with E-state index in [1.165, 1.54) is 25.7 Å². The molecule has 24 heavy (non-hydrogen) atoms. The van der Waals surface area contributed by atoms with Gasteiger partial charge in [0.1, 0.15) is 11.5 Å². The highest BCUT2D eigenvalue weighted by atomic mass is 16.5. The van der Waals surface area contributed by atoms with Gasteiger partial charge in [0.05, 0.1) is 0 Å². The van der Waals surface area contributed by atoms with Crippen LogP contribution in [0.5, 0.6) is 11.5 Å². The molecule has 0 spiro atoms. The topological polar surface area (TPSA) is 38.3 Å². The molecule has 2 saturated carbocycles. The first-order valence-corrected chi connectivity index (χ1v) is 8.89. The highest BCUT2D eigenvalue weighted by molar-refractivity contribution is 5.90. The first kappa shape index (κ1) is 15.3. The van der Waals surface area contributed by atoms with Crippen molar-refractivity contribution in [3.05, 3.63) is 54.6 Å². The van der Waals surface area contributed by atoms with Gasteiger partial charge in [-0.2, -0.15) is 0 Å². The van der Waals surface area contributed by atoms with Gasteiger partial charge in [-0.1, -0.05) is 24.6 Å². The Morgan fingerprint density at radius 3 is 2.38 bits per heavy atom. The molecule has 0 radical (unpaired) electrons. The lowest BCUT2D eigenvalue weighted by Crippen LogP contribution is -2.20. The van der Waals surface area contributed by atoms with Gasteiger partial charge < -0.3 is 10.1 Å². The van der Waals surface area contributed by atoms with Crippen LogP contribution in [0.2, 0.25) is 0 Å². The SMILES string of the molecule is O=C(C[C@@H]1C[C@@H]2CC[C@@H]1C2)Nc1ccc(Oc2ccccc2)cc1. The van der Waals surface area contributed by atoms with Gasteiger partial charge in [0.15, 0.2) is 0 Å². The molecule has 0 aromatic heterocycles. The van der Waals surface area contributed by atoms with Gasteiger partial charge in [-0.25, -0.2) is 0 Å². The number of hydrogen-bond acceptors (Lipinski definition) is 2. The Morgan fingerprint density at radius 1 is 0.958 bits per heavy atom. The van der Waals surface area contributed by atoms with Gasteiger partial charge in [-0.15, -0.1) is 0 Å². The third-order valence-corrected chi connectivity index (χ3v) is 5.45. The van der Waals surface area contributed by atoms with E-state index in [-0.39, 0.29) is 5.91 Å². The predicted molar refractivity (Wildman–Crippen MR) is 95.1 cm³/mol. The number of rotatable bonds is 5. The number of nitrogens with one attached hydrogen (secondary N) is 1. The molecule has 2 bridgehead atoms. The molecule has 1 amide bonds. The summed E-state index contributed by atoms with van der Waals surface area (Å²) in [6.45, 7) is 0. The number of carbonyl (C=O) groups is 1. The van der Waals surface area contributed by atoms with Crippen LogP contribution >= 0.6 is 0 Å². The van der Waals surface area contributed by atoms with Crippen LogP contribution in [0.1, 0.15) is 32.1 Å². The van der Waals surface area contributed by atoms with Crippen LogP contribution in [0.15, 0.2) is 54.6 Å². The van der Waals surface area contributed by atoms with E-state index in [9.17, 15) is 4.79 Å². The molecule has 2 aromatic rings.